The Morgan fingerprint density at radius 1 is 0.818 bits per heavy atom. The molecular formula is C18H34N2O2. The molecule has 4 nitrogen and oxygen atoms in total. The standard InChI is InChI=1S/C18H34N2O2/c1-5-6-7-8-9-10-11-16(21)19-12-14-20(15-13-19)17(22)18(2,3)4/h5-15H2,1-4H3. The molecule has 0 unspecified atom stereocenters. The topological polar surface area (TPSA) is 40.6 Å². The minimum atomic E-state index is -0.329. The lowest BCUT2D eigenvalue weighted by atomic mass is 9.94. The Morgan fingerprint density at radius 2 is 1.32 bits per heavy atom. The fourth-order valence-corrected chi connectivity index (χ4v) is 2.85. The van der Waals surface area contributed by atoms with Gasteiger partial charge < -0.3 is 9.80 Å². The van der Waals surface area contributed by atoms with Crippen LogP contribution in [0.1, 0.15) is 72.6 Å². The van der Waals surface area contributed by atoms with Crippen molar-refractivity contribution in [3.05, 3.63) is 0 Å². The van der Waals surface area contributed by atoms with Crippen LogP contribution in [0.25, 0.3) is 0 Å². The van der Waals surface area contributed by atoms with Crippen LogP contribution < -0.4 is 0 Å². The zero-order valence-corrected chi connectivity index (χ0v) is 15.0. The van der Waals surface area contributed by atoms with Crippen molar-refractivity contribution in [1.29, 1.82) is 0 Å². The first-order chi connectivity index (χ1) is 10.4. The third-order valence-corrected chi connectivity index (χ3v) is 4.31. The van der Waals surface area contributed by atoms with Crippen LogP contribution in [0, 0.1) is 5.41 Å². The number of carbonyl (C=O) groups excluding carboxylic acids is 2. The molecule has 1 rings (SSSR count). The van der Waals surface area contributed by atoms with Gasteiger partial charge in [-0.05, 0) is 6.42 Å². The van der Waals surface area contributed by atoms with Gasteiger partial charge in [-0.2, -0.15) is 0 Å². The van der Waals surface area contributed by atoms with Crippen LogP contribution in [-0.2, 0) is 9.59 Å². The van der Waals surface area contributed by atoms with E-state index in [0.717, 1.165) is 12.8 Å². The molecule has 0 saturated carbocycles. The largest absolute Gasteiger partial charge is 0.339 e. The average Bonchev–Trinajstić information content (AvgIpc) is 2.49. The summed E-state index contributed by atoms with van der Waals surface area (Å²) in [6.07, 6.45) is 7.93. The molecular weight excluding hydrogens is 276 g/mol. The molecule has 0 aliphatic carbocycles. The minimum Gasteiger partial charge on any atom is -0.339 e. The Balaban J connectivity index is 2.21. The Bertz CT molecular complexity index is 353. The fraction of sp³-hybridized carbons (Fsp3) is 0.889. The molecule has 0 aromatic carbocycles. The summed E-state index contributed by atoms with van der Waals surface area (Å²) in [6.45, 7) is 10.8. The van der Waals surface area contributed by atoms with Gasteiger partial charge in [0.25, 0.3) is 0 Å². The van der Waals surface area contributed by atoms with Crippen molar-refractivity contribution in [1.82, 2.24) is 9.80 Å². The van der Waals surface area contributed by atoms with Gasteiger partial charge >= 0.3 is 0 Å². The van der Waals surface area contributed by atoms with Gasteiger partial charge in [0.1, 0.15) is 0 Å². The van der Waals surface area contributed by atoms with E-state index in [2.05, 4.69) is 6.92 Å². The van der Waals surface area contributed by atoms with Gasteiger partial charge in [0, 0.05) is 38.0 Å². The number of piperazine rings is 1. The van der Waals surface area contributed by atoms with Crippen molar-refractivity contribution >= 4 is 11.8 Å². The van der Waals surface area contributed by atoms with Crippen molar-refractivity contribution < 1.29 is 9.59 Å². The number of hydrogen-bond acceptors (Lipinski definition) is 2. The van der Waals surface area contributed by atoms with Crippen LogP contribution in [-0.4, -0.2) is 47.8 Å². The number of carbonyl (C=O) groups is 2. The fourth-order valence-electron chi connectivity index (χ4n) is 2.85. The van der Waals surface area contributed by atoms with E-state index in [9.17, 15) is 9.59 Å². The lowest BCUT2D eigenvalue weighted by Crippen LogP contribution is -2.53. The Morgan fingerprint density at radius 3 is 1.86 bits per heavy atom. The van der Waals surface area contributed by atoms with Crippen LogP contribution in [0.5, 0.6) is 0 Å². The zero-order valence-electron chi connectivity index (χ0n) is 15.0. The molecule has 4 heteroatoms. The summed E-state index contributed by atoms with van der Waals surface area (Å²) in [5.41, 5.74) is -0.329. The maximum absolute atomic E-state index is 12.2. The quantitative estimate of drug-likeness (QED) is 0.676. The molecule has 0 radical (unpaired) electrons. The van der Waals surface area contributed by atoms with E-state index in [4.69, 9.17) is 0 Å². The highest BCUT2D eigenvalue weighted by atomic mass is 16.2. The van der Waals surface area contributed by atoms with E-state index in [1.54, 1.807) is 0 Å². The van der Waals surface area contributed by atoms with Crippen molar-refractivity contribution in [2.45, 2.75) is 72.6 Å². The zero-order chi connectivity index (χ0) is 16.6. The van der Waals surface area contributed by atoms with E-state index in [1.807, 2.05) is 30.6 Å². The molecule has 0 aromatic heterocycles. The van der Waals surface area contributed by atoms with E-state index in [0.29, 0.717) is 32.6 Å². The Kier molecular flexibility index (Phi) is 7.91. The van der Waals surface area contributed by atoms with Crippen LogP contribution in [0.15, 0.2) is 0 Å². The van der Waals surface area contributed by atoms with Gasteiger partial charge in [-0.15, -0.1) is 0 Å². The summed E-state index contributed by atoms with van der Waals surface area (Å²) in [6, 6.07) is 0. The van der Waals surface area contributed by atoms with Crippen molar-refractivity contribution in [3.63, 3.8) is 0 Å². The smallest absolute Gasteiger partial charge is 0.228 e. The van der Waals surface area contributed by atoms with Crippen LogP contribution in [0.2, 0.25) is 0 Å². The lowest BCUT2D eigenvalue weighted by molar-refractivity contribution is -0.145. The summed E-state index contributed by atoms with van der Waals surface area (Å²) >= 11 is 0. The van der Waals surface area contributed by atoms with E-state index in [1.165, 1.54) is 25.7 Å². The van der Waals surface area contributed by atoms with E-state index in [-0.39, 0.29) is 17.2 Å². The second-order valence-corrected chi connectivity index (χ2v) is 7.44. The molecule has 1 aliphatic rings. The lowest BCUT2D eigenvalue weighted by Gasteiger charge is -2.37. The number of hydrogen-bond donors (Lipinski definition) is 0. The summed E-state index contributed by atoms with van der Waals surface area (Å²) in [4.78, 5) is 28.2. The van der Waals surface area contributed by atoms with Gasteiger partial charge in [-0.1, -0.05) is 59.8 Å². The van der Waals surface area contributed by atoms with Crippen LogP contribution >= 0.6 is 0 Å². The highest BCUT2D eigenvalue weighted by Gasteiger charge is 2.30. The first-order valence-electron chi connectivity index (χ1n) is 8.93. The number of amides is 2. The second-order valence-electron chi connectivity index (χ2n) is 7.44. The molecule has 0 bridgehead atoms. The predicted molar refractivity (Wildman–Crippen MR) is 90.6 cm³/mol. The molecule has 0 spiro atoms. The van der Waals surface area contributed by atoms with Gasteiger partial charge in [-0.25, -0.2) is 0 Å². The normalized spacial score (nSPS) is 16.0. The summed E-state index contributed by atoms with van der Waals surface area (Å²) in [7, 11) is 0. The first-order valence-corrected chi connectivity index (χ1v) is 8.93. The molecule has 22 heavy (non-hydrogen) atoms. The predicted octanol–water partition coefficient (Wildman–Crippen LogP) is 3.45. The number of unbranched alkanes of at least 4 members (excludes halogenated alkanes) is 5. The molecule has 2 amide bonds. The molecule has 1 fully saturated rings. The summed E-state index contributed by atoms with van der Waals surface area (Å²) in [5, 5.41) is 0. The third-order valence-electron chi connectivity index (χ3n) is 4.31. The van der Waals surface area contributed by atoms with E-state index < -0.39 is 0 Å². The Labute approximate surface area is 136 Å². The molecule has 1 aliphatic heterocycles. The average molecular weight is 310 g/mol. The van der Waals surface area contributed by atoms with Gasteiger partial charge in [-0.3, -0.25) is 9.59 Å². The molecule has 0 N–H and O–H groups in total. The number of nitrogens with zero attached hydrogens (tertiary/aromatic N) is 2. The van der Waals surface area contributed by atoms with Crippen LogP contribution in [0.4, 0.5) is 0 Å². The van der Waals surface area contributed by atoms with Gasteiger partial charge in [0.2, 0.25) is 11.8 Å². The van der Waals surface area contributed by atoms with Crippen molar-refractivity contribution in [2.75, 3.05) is 26.2 Å². The monoisotopic (exact) mass is 310 g/mol. The van der Waals surface area contributed by atoms with Crippen molar-refractivity contribution in [3.8, 4) is 0 Å². The van der Waals surface area contributed by atoms with Crippen LogP contribution in [0.3, 0.4) is 0 Å². The highest BCUT2D eigenvalue weighted by molar-refractivity contribution is 5.82. The minimum absolute atomic E-state index is 0.190. The second kappa shape index (κ2) is 9.16. The molecule has 0 atom stereocenters. The van der Waals surface area contributed by atoms with Gasteiger partial charge in [0.05, 0.1) is 0 Å². The molecule has 1 heterocycles. The number of rotatable bonds is 7. The maximum atomic E-state index is 12.2. The van der Waals surface area contributed by atoms with E-state index >= 15 is 0 Å². The first kappa shape index (κ1) is 19.0. The SMILES string of the molecule is CCCCCCCCC(=O)N1CCN(C(=O)C(C)(C)C)CC1. The summed E-state index contributed by atoms with van der Waals surface area (Å²) in [5.74, 6) is 0.453. The van der Waals surface area contributed by atoms with Gasteiger partial charge in [0.15, 0.2) is 0 Å². The molecule has 1 saturated heterocycles. The third kappa shape index (κ3) is 6.37. The van der Waals surface area contributed by atoms with Crippen molar-refractivity contribution in [2.24, 2.45) is 5.41 Å². The maximum Gasteiger partial charge on any atom is 0.228 e. The summed E-state index contributed by atoms with van der Waals surface area (Å²) < 4.78 is 0. The molecule has 128 valence electrons. The molecule has 0 aromatic rings. The Hall–Kier alpha value is -1.06. The highest BCUT2D eigenvalue weighted by Crippen LogP contribution is 2.19.